The Morgan fingerprint density at radius 1 is 1.03 bits per heavy atom. The van der Waals surface area contributed by atoms with Gasteiger partial charge < -0.3 is 19.2 Å². The van der Waals surface area contributed by atoms with E-state index in [-0.39, 0.29) is 23.3 Å². The van der Waals surface area contributed by atoms with Gasteiger partial charge in [-0.15, -0.1) is 0 Å². The highest BCUT2D eigenvalue weighted by Gasteiger charge is 2.23. The molecule has 0 unspecified atom stereocenters. The van der Waals surface area contributed by atoms with Crippen LogP contribution >= 0.6 is 0 Å². The van der Waals surface area contributed by atoms with E-state index in [0.717, 1.165) is 11.1 Å². The zero-order chi connectivity index (χ0) is 25.2. The van der Waals surface area contributed by atoms with E-state index in [0.29, 0.717) is 28.5 Å². The van der Waals surface area contributed by atoms with E-state index >= 15 is 0 Å². The minimum Gasteiger partial charge on any atom is -0.493 e. The summed E-state index contributed by atoms with van der Waals surface area (Å²) in [7, 11) is 1.44. The molecular weight excluding hydrogens is 437 g/mol. The van der Waals surface area contributed by atoms with Crippen LogP contribution in [-0.4, -0.2) is 24.7 Å². The number of pyridine rings is 1. The first-order chi connectivity index (χ1) is 16.0. The number of benzene rings is 2. The van der Waals surface area contributed by atoms with Crippen molar-refractivity contribution < 1.29 is 23.4 Å². The van der Waals surface area contributed by atoms with E-state index in [9.17, 15) is 14.0 Å². The van der Waals surface area contributed by atoms with Crippen LogP contribution in [0.4, 0.5) is 4.39 Å². The van der Waals surface area contributed by atoms with Crippen molar-refractivity contribution in [3.63, 3.8) is 0 Å². The van der Waals surface area contributed by atoms with Gasteiger partial charge in [-0.05, 0) is 55.5 Å². The lowest BCUT2D eigenvalue weighted by Crippen LogP contribution is -2.20. The number of hydrogen-bond acceptors (Lipinski definition) is 5. The third kappa shape index (κ3) is 5.14. The molecule has 0 bridgehead atoms. The molecule has 0 atom stereocenters. The minimum atomic E-state index is -0.667. The second kappa shape index (κ2) is 9.71. The smallest absolute Gasteiger partial charge is 0.343 e. The van der Waals surface area contributed by atoms with Gasteiger partial charge in [0.05, 0.1) is 19.4 Å². The molecule has 0 spiro atoms. The number of H-pyrrole nitrogens is 1. The largest absolute Gasteiger partial charge is 0.493 e. The predicted molar refractivity (Wildman–Crippen MR) is 130 cm³/mol. The van der Waals surface area contributed by atoms with Gasteiger partial charge >= 0.3 is 5.97 Å². The Morgan fingerprint density at radius 2 is 1.74 bits per heavy atom. The van der Waals surface area contributed by atoms with Crippen LogP contribution in [0.25, 0.3) is 11.3 Å². The van der Waals surface area contributed by atoms with Crippen molar-refractivity contribution in [2.75, 3.05) is 13.7 Å². The number of halogens is 1. The van der Waals surface area contributed by atoms with Gasteiger partial charge in [0.2, 0.25) is 0 Å². The van der Waals surface area contributed by atoms with Crippen LogP contribution in [0.3, 0.4) is 0 Å². The Kier molecular flexibility index (Phi) is 7.15. The van der Waals surface area contributed by atoms with Gasteiger partial charge in [-0.25, -0.2) is 9.18 Å². The van der Waals surface area contributed by atoms with Crippen LogP contribution in [0.2, 0.25) is 0 Å². The fourth-order valence-corrected chi connectivity index (χ4v) is 3.74. The predicted octanol–water partition coefficient (Wildman–Crippen LogP) is 6.07. The molecule has 1 aromatic heterocycles. The number of aromatic nitrogens is 1. The van der Waals surface area contributed by atoms with Crippen LogP contribution in [-0.2, 0) is 10.2 Å². The molecule has 34 heavy (non-hydrogen) atoms. The van der Waals surface area contributed by atoms with Gasteiger partial charge in [-0.2, -0.15) is 0 Å². The van der Waals surface area contributed by atoms with Gasteiger partial charge in [0.15, 0.2) is 16.9 Å². The number of carbonyl (C=O) groups is 1. The molecule has 2 aromatic carbocycles. The summed E-state index contributed by atoms with van der Waals surface area (Å²) in [5, 5.41) is 0. The van der Waals surface area contributed by atoms with Crippen molar-refractivity contribution in [2.24, 2.45) is 0 Å². The fourth-order valence-electron chi connectivity index (χ4n) is 3.74. The van der Waals surface area contributed by atoms with Crippen LogP contribution in [0.15, 0.2) is 41.2 Å². The third-order valence-electron chi connectivity index (χ3n) is 5.48. The molecule has 0 saturated carbocycles. The number of ether oxygens (including phenoxy) is 3. The maximum absolute atomic E-state index is 13.7. The molecule has 3 aromatic rings. The Balaban J connectivity index is 2.24. The normalized spacial score (nSPS) is 11.3. The molecular formula is C27H30FNO5. The zero-order valence-electron chi connectivity index (χ0n) is 20.6. The molecule has 1 N–H and O–H groups in total. The summed E-state index contributed by atoms with van der Waals surface area (Å²) in [4.78, 5) is 28.3. The molecule has 0 amide bonds. The van der Waals surface area contributed by atoms with Gasteiger partial charge in [0.1, 0.15) is 17.1 Å². The fraction of sp³-hybridized carbons (Fsp3) is 0.333. The topological polar surface area (TPSA) is 77.6 Å². The standard InChI is InChI=1S/C27H30FNO5/c1-8-33-26(31)25-16(3)29-19(14-20(25)30)24-15(2)11-17(27(4,5)6)12-23(24)34-21-10-9-18(28)13-22(21)32-7/h9-14H,8H2,1-7H3,(H,29,30). The van der Waals surface area contributed by atoms with Crippen molar-refractivity contribution in [3.05, 3.63) is 74.8 Å². The summed E-state index contributed by atoms with van der Waals surface area (Å²) in [6, 6.07) is 9.34. The summed E-state index contributed by atoms with van der Waals surface area (Å²) >= 11 is 0. The summed E-state index contributed by atoms with van der Waals surface area (Å²) in [5.41, 5.74) is 2.76. The average molecular weight is 468 g/mol. The Bertz CT molecular complexity index is 1290. The Labute approximate surface area is 198 Å². The van der Waals surface area contributed by atoms with Crippen molar-refractivity contribution in [1.29, 1.82) is 0 Å². The molecule has 7 heteroatoms. The van der Waals surface area contributed by atoms with Crippen LogP contribution in [0, 0.1) is 19.7 Å². The number of nitrogens with one attached hydrogen (secondary N) is 1. The lowest BCUT2D eigenvalue weighted by molar-refractivity contribution is 0.0523. The minimum absolute atomic E-state index is 0.0303. The molecule has 0 aliphatic rings. The lowest BCUT2D eigenvalue weighted by Gasteiger charge is -2.24. The van der Waals surface area contributed by atoms with Gasteiger partial charge in [0, 0.05) is 23.4 Å². The molecule has 0 aliphatic carbocycles. The number of rotatable bonds is 6. The average Bonchev–Trinajstić information content (AvgIpc) is 2.73. The second-order valence-corrected chi connectivity index (χ2v) is 9.08. The van der Waals surface area contributed by atoms with Crippen molar-refractivity contribution >= 4 is 5.97 Å². The molecule has 0 saturated heterocycles. The molecule has 1 heterocycles. The van der Waals surface area contributed by atoms with Crippen LogP contribution < -0.4 is 14.9 Å². The van der Waals surface area contributed by atoms with Gasteiger partial charge in [0.25, 0.3) is 0 Å². The number of aryl methyl sites for hydroxylation is 2. The number of methoxy groups -OCH3 is 1. The lowest BCUT2D eigenvalue weighted by atomic mass is 9.84. The van der Waals surface area contributed by atoms with Crippen LogP contribution in [0.1, 0.15) is 54.9 Å². The first-order valence-corrected chi connectivity index (χ1v) is 11.0. The van der Waals surface area contributed by atoms with E-state index in [1.54, 1.807) is 13.8 Å². The summed E-state index contributed by atoms with van der Waals surface area (Å²) in [6.45, 7) is 11.7. The highest BCUT2D eigenvalue weighted by molar-refractivity contribution is 5.91. The molecule has 0 fully saturated rings. The zero-order valence-corrected chi connectivity index (χ0v) is 20.6. The van der Waals surface area contributed by atoms with E-state index < -0.39 is 17.2 Å². The highest BCUT2D eigenvalue weighted by atomic mass is 19.1. The van der Waals surface area contributed by atoms with E-state index in [1.165, 1.54) is 31.4 Å². The van der Waals surface area contributed by atoms with Crippen LogP contribution in [0.5, 0.6) is 17.2 Å². The van der Waals surface area contributed by atoms with Crippen molar-refractivity contribution in [2.45, 2.75) is 47.0 Å². The first-order valence-electron chi connectivity index (χ1n) is 11.0. The Hall–Kier alpha value is -3.61. The highest BCUT2D eigenvalue weighted by Crippen LogP contribution is 2.41. The van der Waals surface area contributed by atoms with E-state index in [1.807, 2.05) is 19.1 Å². The third-order valence-corrected chi connectivity index (χ3v) is 5.48. The molecule has 180 valence electrons. The van der Waals surface area contributed by atoms with E-state index in [4.69, 9.17) is 14.2 Å². The summed E-state index contributed by atoms with van der Waals surface area (Å²) < 4.78 is 30.3. The van der Waals surface area contributed by atoms with Crippen molar-refractivity contribution in [1.82, 2.24) is 4.98 Å². The van der Waals surface area contributed by atoms with Gasteiger partial charge in [-0.3, -0.25) is 4.79 Å². The maximum Gasteiger partial charge on any atom is 0.343 e. The SMILES string of the molecule is CCOC(=O)c1c(C)[nH]c(-c2c(C)cc(C(C)(C)C)cc2Oc2ccc(F)cc2OC)cc1=O. The van der Waals surface area contributed by atoms with E-state index in [2.05, 4.69) is 25.8 Å². The quantitative estimate of drug-likeness (QED) is 0.445. The number of aromatic amines is 1. The molecule has 0 radical (unpaired) electrons. The molecule has 0 aliphatic heterocycles. The summed E-state index contributed by atoms with van der Waals surface area (Å²) in [6.07, 6.45) is 0. The molecule has 3 rings (SSSR count). The number of carbonyl (C=O) groups excluding carboxylic acids is 1. The number of hydrogen-bond donors (Lipinski definition) is 1. The summed E-state index contributed by atoms with van der Waals surface area (Å²) in [5.74, 6) is -0.0719. The van der Waals surface area contributed by atoms with Gasteiger partial charge in [-0.1, -0.05) is 26.8 Å². The number of esters is 1. The Morgan fingerprint density at radius 3 is 2.32 bits per heavy atom. The molecule has 6 nitrogen and oxygen atoms in total. The monoisotopic (exact) mass is 467 g/mol. The maximum atomic E-state index is 13.7. The van der Waals surface area contributed by atoms with Crippen molar-refractivity contribution in [3.8, 4) is 28.5 Å². The second-order valence-electron chi connectivity index (χ2n) is 9.08. The first kappa shape index (κ1) is 25.0.